The van der Waals surface area contributed by atoms with Crippen LogP contribution in [0.15, 0.2) is 12.1 Å². The number of rotatable bonds is 5. The third-order valence-electron chi connectivity index (χ3n) is 2.97. The van der Waals surface area contributed by atoms with E-state index in [1.165, 1.54) is 12.8 Å². The second kappa shape index (κ2) is 5.89. The van der Waals surface area contributed by atoms with Crippen molar-refractivity contribution < 1.29 is 4.79 Å². The molecule has 3 nitrogen and oxygen atoms in total. The minimum absolute atomic E-state index is 0.00468. The maximum atomic E-state index is 12.4. The molecule has 0 N–H and O–H groups in total. The van der Waals surface area contributed by atoms with E-state index in [1.807, 2.05) is 4.90 Å². The Balaban J connectivity index is 2.14. The van der Waals surface area contributed by atoms with Gasteiger partial charge in [0.1, 0.15) is 10.3 Å². The Morgan fingerprint density at radius 1 is 1.39 bits per heavy atom. The van der Waals surface area contributed by atoms with Crippen molar-refractivity contribution in [3.8, 4) is 0 Å². The van der Waals surface area contributed by atoms with Gasteiger partial charge in [-0.2, -0.15) is 0 Å². The summed E-state index contributed by atoms with van der Waals surface area (Å²) in [5.74, 6) is 0.670. The minimum atomic E-state index is -0.00468. The molecule has 5 heteroatoms. The average Bonchev–Trinajstić information content (AvgIpc) is 3.10. The Hall–Kier alpha value is -0.800. The predicted octanol–water partition coefficient (Wildman–Crippen LogP) is 3.65. The van der Waals surface area contributed by atoms with Gasteiger partial charge in [-0.1, -0.05) is 30.1 Å². The number of aromatic nitrogens is 1. The van der Waals surface area contributed by atoms with Gasteiger partial charge in [0.2, 0.25) is 0 Å². The van der Waals surface area contributed by atoms with Crippen LogP contribution in [-0.2, 0) is 0 Å². The number of carbonyl (C=O) groups is 1. The van der Waals surface area contributed by atoms with Crippen LogP contribution in [-0.4, -0.2) is 28.9 Å². The molecule has 0 aliphatic heterocycles. The van der Waals surface area contributed by atoms with Crippen LogP contribution < -0.4 is 0 Å². The van der Waals surface area contributed by atoms with Crippen molar-refractivity contribution in [3.63, 3.8) is 0 Å². The zero-order valence-corrected chi connectivity index (χ0v) is 11.8. The van der Waals surface area contributed by atoms with Crippen LogP contribution >= 0.6 is 23.2 Å². The molecule has 0 aromatic carbocycles. The van der Waals surface area contributed by atoms with E-state index >= 15 is 0 Å². The average molecular weight is 287 g/mol. The molecular weight excluding hydrogens is 271 g/mol. The third kappa shape index (κ3) is 3.59. The second-order valence-electron chi connectivity index (χ2n) is 4.70. The molecule has 98 valence electrons. The Morgan fingerprint density at radius 2 is 2.00 bits per heavy atom. The number of nitrogens with zero attached hydrogens (tertiary/aromatic N) is 2. The van der Waals surface area contributed by atoms with Crippen molar-refractivity contribution in [1.82, 2.24) is 9.88 Å². The summed E-state index contributed by atoms with van der Waals surface area (Å²) in [6, 6.07) is 3.15. The van der Waals surface area contributed by atoms with Gasteiger partial charge in [0.25, 0.3) is 5.91 Å². The lowest BCUT2D eigenvalue weighted by atomic mass is 10.2. The van der Waals surface area contributed by atoms with Crippen molar-refractivity contribution in [2.75, 3.05) is 13.1 Å². The summed E-state index contributed by atoms with van der Waals surface area (Å²) in [5, 5.41) is 0.516. The molecule has 1 fully saturated rings. The van der Waals surface area contributed by atoms with Gasteiger partial charge in [0.05, 0.1) is 0 Å². The lowest BCUT2D eigenvalue weighted by Gasteiger charge is -2.22. The number of pyridine rings is 1. The van der Waals surface area contributed by atoms with Crippen molar-refractivity contribution >= 4 is 29.1 Å². The largest absolute Gasteiger partial charge is 0.338 e. The van der Waals surface area contributed by atoms with Crippen molar-refractivity contribution in [2.24, 2.45) is 5.92 Å². The zero-order chi connectivity index (χ0) is 13.1. The summed E-state index contributed by atoms with van der Waals surface area (Å²) in [7, 11) is 0. The van der Waals surface area contributed by atoms with Crippen molar-refractivity contribution in [3.05, 3.63) is 28.0 Å². The standard InChI is InChI=1S/C13H16Cl2N2O/c1-2-5-17(8-9-3-4-9)13(18)10-6-11(14)16-12(15)7-10/h6-7,9H,2-5,8H2,1H3. The van der Waals surface area contributed by atoms with Gasteiger partial charge >= 0.3 is 0 Å². The van der Waals surface area contributed by atoms with E-state index in [9.17, 15) is 4.79 Å². The van der Waals surface area contributed by atoms with Crippen LogP contribution in [0.2, 0.25) is 10.3 Å². The van der Waals surface area contributed by atoms with Crippen LogP contribution in [0.3, 0.4) is 0 Å². The zero-order valence-electron chi connectivity index (χ0n) is 10.3. The fourth-order valence-electron chi connectivity index (χ4n) is 1.93. The van der Waals surface area contributed by atoms with E-state index < -0.39 is 0 Å². The highest BCUT2D eigenvalue weighted by molar-refractivity contribution is 6.33. The van der Waals surface area contributed by atoms with Gasteiger partial charge in [-0.3, -0.25) is 4.79 Å². The molecule has 1 aromatic rings. The highest BCUT2D eigenvalue weighted by atomic mass is 35.5. The normalized spacial score (nSPS) is 14.6. The molecule has 0 unspecified atom stereocenters. The SMILES string of the molecule is CCCN(CC1CC1)C(=O)c1cc(Cl)nc(Cl)c1. The molecule has 2 rings (SSSR count). The number of hydrogen-bond donors (Lipinski definition) is 0. The molecule has 0 atom stereocenters. The number of halogens is 2. The summed E-state index contributed by atoms with van der Waals surface area (Å²) >= 11 is 11.7. The molecule has 1 aliphatic carbocycles. The molecule has 0 radical (unpaired) electrons. The first-order chi connectivity index (χ1) is 8.60. The molecule has 18 heavy (non-hydrogen) atoms. The molecule has 1 heterocycles. The van der Waals surface area contributed by atoms with E-state index in [1.54, 1.807) is 12.1 Å². The highest BCUT2D eigenvalue weighted by Crippen LogP contribution is 2.30. The first-order valence-corrected chi connectivity index (χ1v) is 6.98. The summed E-state index contributed by atoms with van der Waals surface area (Å²) in [4.78, 5) is 18.1. The van der Waals surface area contributed by atoms with Gasteiger partial charge in [-0.25, -0.2) is 4.98 Å². The first kappa shape index (κ1) is 13.6. The summed E-state index contributed by atoms with van der Waals surface area (Å²) in [5.41, 5.74) is 0.522. The third-order valence-corrected chi connectivity index (χ3v) is 3.35. The predicted molar refractivity (Wildman–Crippen MR) is 73.2 cm³/mol. The van der Waals surface area contributed by atoms with Crippen LogP contribution in [0.4, 0.5) is 0 Å². The summed E-state index contributed by atoms with van der Waals surface area (Å²) in [6.45, 7) is 3.68. The van der Waals surface area contributed by atoms with E-state index in [0.29, 0.717) is 11.5 Å². The van der Waals surface area contributed by atoms with Crippen molar-refractivity contribution in [2.45, 2.75) is 26.2 Å². The maximum Gasteiger partial charge on any atom is 0.254 e. The monoisotopic (exact) mass is 286 g/mol. The molecule has 1 aromatic heterocycles. The number of amides is 1. The first-order valence-electron chi connectivity index (χ1n) is 6.22. The van der Waals surface area contributed by atoms with Crippen molar-refractivity contribution in [1.29, 1.82) is 0 Å². The summed E-state index contributed by atoms with van der Waals surface area (Å²) in [6.07, 6.45) is 3.40. The molecule has 1 amide bonds. The van der Waals surface area contributed by atoms with Gasteiger partial charge in [0, 0.05) is 18.7 Å². The lowest BCUT2D eigenvalue weighted by Crippen LogP contribution is -2.33. The second-order valence-corrected chi connectivity index (χ2v) is 5.47. The molecule has 0 spiro atoms. The van der Waals surface area contributed by atoms with Gasteiger partial charge in [-0.15, -0.1) is 0 Å². The Labute approximate surface area is 117 Å². The lowest BCUT2D eigenvalue weighted by molar-refractivity contribution is 0.0747. The molecule has 1 saturated carbocycles. The maximum absolute atomic E-state index is 12.4. The van der Waals surface area contributed by atoms with E-state index in [-0.39, 0.29) is 16.2 Å². The minimum Gasteiger partial charge on any atom is -0.338 e. The topological polar surface area (TPSA) is 33.2 Å². The molecular formula is C13H16Cl2N2O. The van der Waals surface area contributed by atoms with Gasteiger partial charge < -0.3 is 4.90 Å². The van der Waals surface area contributed by atoms with Gasteiger partial charge in [0.15, 0.2) is 0 Å². The highest BCUT2D eigenvalue weighted by Gasteiger charge is 2.27. The van der Waals surface area contributed by atoms with E-state index in [0.717, 1.165) is 19.5 Å². The number of carbonyl (C=O) groups excluding carboxylic acids is 1. The van der Waals surface area contributed by atoms with Gasteiger partial charge in [-0.05, 0) is 37.3 Å². The Bertz CT molecular complexity index is 426. The molecule has 0 saturated heterocycles. The van der Waals surface area contributed by atoms with Crippen LogP contribution in [0.25, 0.3) is 0 Å². The smallest absolute Gasteiger partial charge is 0.254 e. The van der Waals surface area contributed by atoms with E-state index in [4.69, 9.17) is 23.2 Å². The van der Waals surface area contributed by atoms with E-state index in [2.05, 4.69) is 11.9 Å². The molecule has 0 bridgehead atoms. The number of hydrogen-bond acceptors (Lipinski definition) is 2. The van der Waals surface area contributed by atoms with Crippen LogP contribution in [0.5, 0.6) is 0 Å². The Morgan fingerprint density at radius 3 is 2.50 bits per heavy atom. The molecule has 1 aliphatic rings. The Kier molecular flexibility index (Phi) is 4.46. The van der Waals surface area contributed by atoms with Crippen LogP contribution in [0, 0.1) is 5.92 Å². The fourth-order valence-corrected chi connectivity index (χ4v) is 2.39. The quantitative estimate of drug-likeness (QED) is 0.774. The van der Waals surface area contributed by atoms with Crippen LogP contribution in [0.1, 0.15) is 36.5 Å². The summed E-state index contributed by atoms with van der Waals surface area (Å²) < 4.78 is 0. The fraction of sp³-hybridized carbons (Fsp3) is 0.538.